The molecule has 100 valence electrons. The number of ether oxygens (including phenoxy) is 2. The Kier molecular flexibility index (Phi) is 9.38. The lowest BCUT2D eigenvalue weighted by molar-refractivity contribution is -0.141. The molecule has 0 saturated heterocycles. The minimum Gasteiger partial charge on any atom is -0.462 e. The van der Waals surface area contributed by atoms with Crippen molar-refractivity contribution in [2.45, 2.75) is 40.0 Å². The van der Waals surface area contributed by atoms with Crippen LogP contribution in [-0.4, -0.2) is 25.2 Å². The molecule has 0 heterocycles. The quantitative estimate of drug-likeness (QED) is 0.413. The highest BCUT2D eigenvalue weighted by atomic mass is 16.5. The molecule has 0 rings (SSSR count). The number of esters is 2. The van der Waals surface area contributed by atoms with E-state index in [9.17, 15) is 9.59 Å². The Hall–Kier alpha value is -1.76. The van der Waals surface area contributed by atoms with Gasteiger partial charge in [0.25, 0.3) is 0 Å². The Morgan fingerprint density at radius 2 is 1.83 bits per heavy atom. The summed E-state index contributed by atoms with van der Waals surface area (Å²) in [6, 6.07) is 0. The average Bonchev–Trinajstić information content (AvgIpc) is 2.30. The van der Waals surface area contributed by atoms with Crippen LogP contribution in [0.5, 0.6) is 0 Å². The number of rotatable bonds is 6. The number of hydrogen-bond acceptors (Lipinski definition) is 4. The zero-order chi connectivity index (χ0) is 13.8. The van der Waals surface area contributed by atoms with Crippen LogP contribution in [0.2, 0.25) is 0 Å². The van der Waals surface area contributed by atoms with Crippen molar-refractivity contribution in [1.82, 2.24) is 0 Å². The second kappa shape index (κ2) is 10.4. The van der Waals surface area contributed by atoms with Gasteiger partial charge in [-0.15, -0.1) is 0 Å². The standard InChI is InChI=1S/C14H20O4/c1-4-5-6-7-8-14(11-18-13(3)16)9-10-17-12(2)15/h9H,4-6,10-11H2,1-3H3/b14-9-. The maximum absolute atomic E-state index is 10.7. The molecule has 0 amide bonds. The summed E-state index contributed by atoms with van der Waals surface area (Å²) >= 11 is 0. The van der Waals surface area contributed by atoms with Gasteiger partial charge in [-0.05, 0) is 12.5 Å². The summed E-state index contributed by atoms with van der Waals surface area (Å²) in [6.07, 6.45) is 4.59. The van der Waals surface area contributed by atoms with Crippen LogP contribution in [0, 0.1) is 11.8 Å². The van der Waals surface area contributed by atoms with Gasteiger partial charge >= 0.3 is 11.9 Å². The van der Waals surface area contributed by atoms with Gasteiger partial charge in [-0.25, -0.2) is 0 Å². The SMILES string of the molecule is CCCCC#C/C(=C/COC(C)=O)COC(C)=O. The van der Waals surface area contributed by atoms with E-state index in [0.29, 0.717) is 5.57 Å². The van der Waals surface area contributed by atoms with Gasteiger partial charge in [0.2, 0.25) is 0 Å². The smallest absolute Gasteiger partial charge is 0.302 e. The summed E-state index contributed by atoms with van der Waals surface area (Å²) < 4.78 is 9.65. The number of carbonyl (C=O) groups excluding carboxylic acids is 2. The third-order valence-corrected chi connectivity index (χ3v) is 1.95. The van der Waals surface area contributed by atoms with E-state index >= 15 is 0 Å². The van der Waals surface area contributed by atoms with E-state index in [-0.39, 0.29) is 25.2 Å². The van der Waals surface area contributed by atoms with Crippen molar-refractivity contribution < 1.29 is 19.1 Å². The highest BCUT2D eigenvalue weighted by molar-refractivity contribution is 5.66. The summed E-state index contributed by atoms with van der Waals surface area (Å²) in [4.78, 5) is 21.3. The molecule has 0 N–H and O–H groups in total. The lowest BCUT2D eigenvalue weighted by atomic mass is 10.2. The van der Waals surface area contributed by atoms with E-state index in [2.05, 4.69) is 18.8 Å². The Labute approximate surface area is 108 Å². The third kappa shape index (κ3) is 10.7. The predicted octanol–water partition coefficient (Wildman–Crippen LogP) is 2.23. The van der Waals surface area contributed by atoms with E-state index in [1.165, 1.54) is 13.8 Å². The molecule has 0 spiro atoms. The number of hydrogen-bond donors (Lipinski definition) is 0. The van der Waals surface area contributed by atoms with E-state index in [1.54, 1.807) is 6.08 Å². The number of unbranched alkanes of at least 4 members (excludes halogenated alkanes) is 2. The van der Waals surface area contributed by atoms with Crippen molar-refractivity contribution in [3.05, 3.63) is 11.6 Å². The number of carbonyl (C=O) groups is 2. The molecule has 0 bridgehead atoms. The highest BCUT2D eigenvalue weighted by Gasteiger charge is 1.98. The second-order valence-electron chi connectivity index (χ2n) is 3.72. The van der Waals surface area contributed by atoms with Crippen LogP contribution < -0.4 is 0 Å². The van der Waals surface area contributed by atoms with Gasteiger partial charge in [-0.3, -0.25) is 9.59 Å². The molecular formula is C14H20O4. The zero-order valence-electron chi connectivity index (χ0n) is 11.2. The Balaban J connectivity index is 4.33. The van der Waals surface area contributed by atoms with E-state index < -0.39 is 0 Å². The van der Waals surface area contributed by atoms with Crippen molar-refractivity contribution in [2.75, 3.05) is 13.2 Å². The molecule has 0 aliphatic rings. The average molecular weight is 252 g/mol. The minimum atomic E-state index is -0.358. The van der Waals surface area contributed by atoms with Gasteiger partial charge in [0.1, 0.15) is 13.2 Å². The van der Waals surface area contributed by atoms with Crippen molar-refractivity contribution in [2.24, 2.45) is 0 Å². The molecule has 0 aliphatic heterocycles. The maximum Gasteiger partial charge on any atom is 0.302 e. The van der Waals surface area contributed by atoms with Crippen molar-refractivity contribution in [3.8, 4) is 11.8 Å². The van der Waals surface area contributed by atoms with Crippen LogP contribution in [0.1, 0.15) is 40.0 Å². The van der Waals surface area contributed by atoms with Gasteiger partial charge in [-0.2, -0.15) is 0 Å². The van der Waals surface area contributed by atoms with E-state index in [1.807, 2.05) is 0 Å². The molecule has 4 nitrogen and oxygen atoms in total. The van der Waals surface area contributed by atoms with Crippen LogP contribution >= 0.6 is 0 Å². The van der Waals surface area contributed by atoms with Gasteiger partial charge in [0.05, 0.1) is 0 Å². The molecule has 0 radical (unpaired) electrons. The third-order valence-electron chi connectivity index (χ3n) is 1.95. The first-order valence-electron chi connectivity index (χ1n) is 6.00. The summed E-state index contributed by atoms with van der Waals surface area (Å²) in [7, 11) is 0. The molecule has 0 aromatic carbocycles. The summed E-state index contributed by atoms with van der Waals surface area (Å²) in [6.45, 7) is 5.04. The first kappa shape index (κ1) is 16.2. The lowest BCUT2D eigenvalue weighted by Gasteiger charge is -2.02. The maximum atomic E-state index is 10.7. The summed E-state index contributed by atoms with van der Waals surface area (Å²) in [5, 5.41) is 0. The normalized spacial score (nSPS) is 10.3. The minimum absolute atomic E-state index is 0.121. The predicted molar refractivity (Wildman–Crippen MR) is 68.7 cm³/mol. The second-order valence-corrected chi connectivity index (χ2v) is 3.72. The lowest BCUT2D eigenvalue weighted by Crippen LogP contribution is -2.04. The van der Waals surface area contributed by atoms with Crippen molar-refractivity contribution >= 4 is 11.9 Å². The van der Waals surface area contributed by atoms with Crippen LogP contribution in [-0.2, 0) is 19.1 Å². The highest BCUT2D eigenvalue weighted by Crippen LogP contribution is 1.97. The first-order chi connectivity index (χ1) is 8.56. The van der Waals surface area contributed by atoms with Crippen LogP contribution in [0.4, 0.5) is 0 Å². The Morgan fingerprint density at radius 1 is 1.17 bits per heavy atom. The van der Waals surface area contributed by atoms with Gasteiger partial charge in [0, 0.05) is 25.8 Å². The molecule has 0 unspecified atom stereocenters. The summed E-state index contributed by atoms with van der Waals surface area (Å²) in [5.41, 5.74) is 0.655. The van der Waals surface area contributed by atoms with Crippen LogP contribution in [0.15, 0.2) is 11.6 Å². The fourth-order valence-corrected chi connectivity index (χ4v) is 1.03. The zero-order valence-corrected chi connectivity index (χ0v) is 11.2. The molecule has 0 fully saturated rings. The van der Waals surface area contributed by atoms with Crippen molar-refractivity contribution in [3.63, 3.8) is 0 Å². The first-order valence-corrected chi connectivity index (χ1v) is 6.00. The molecule has 0 saturated carbocycles. The van der Waals surface area contributed by atoms with E-state index in [0.717, 1.165) is 19.3 Å². The topological polar surface area (TPSA) is 52.6 Å². The molecule has 0 aromatic rings. The van der Waals surface area contributed by atoms with Crippen LogP contribution in [0.3, 0.4) is 0 Å². The molecule has 0 aromatic heterocycles. The molecule has 0 atom stereocenters. The molecule has 4 heteroatoms. The summed E-state index contributed by atoms with van der Waals surface area (Å²) in [5.74, 6) is 5.22. The Morgan fingerprint density at radius 3 is 2.39 bits per heavy atom. The Bertz CT molecular complexity index is 358. The molecular weight excluding hydrogens is 232 g/mol. The van der Waals surface area contributed by atoms with Gasteiger partial charge in [-0.1, -0.05) is 25.2 Å². The van der Waals surface area contributed by atoms with Crippen LogP contribution in [0.25, 0.3) is 0 Å². The largest absolute Gasteiger partial charge is 0.462 e. The molecule has 18 heavy (non-hydrogen) atoms. The van der Waals surface area contributed by atoms with Gasteiger partial charge in [0.15, 0.2) is 0 Å². The molecule has 0 aliphatic carbocycles. The fraction of sp³-hybridized carbons (Fsp3) is 0.571. The van der Waals surface area contributed by atoms with E-state index in [4.69, 9.17) is 9.47 Å². The monoisotopic (exact) mass is 252 g/mol. The van der Waals surface area contributed by atoms with Gasteiger partial charge < -0.3 is 9.47 Å². The fourth-order valence-electron chi connectivity index (χ4n) is 1.03. The van der Waals surface area contributed by atoms with Crippen molar-refractivity contribution in [1.29, 1.82) is 0 Å².